The quantitative estimate of drug-likeness (QED) is 0.774. The van der Waals surface area contributed by atoms with E-state index in [1.165, 1.54) is 6.07 Å². The number of hydrogen-bond acceptors (Lipinski definition) is 3. The zero-order valence-electron chi connectivity index (χ0n) is 11.9. The number of primary amides is 1. The molecule has 3 rings (SSSR count). The Bertz CT molecular complexity index is 883. The number of nitrogens with zero attached hydrogens (tertiary/aromatic N) is 2. The third-order valence-electron chi connectivity index (χ3n) is 3.33. The molecule has 0 bridgehead atoms. The highest BCUT2D eigenvalue weighted by atomic mass is 16.2. The molecule has 6 nitrogen and oxygen atoms in total. The van der Waals surface area contributed by atoms with Crippen LogP contribution < -0.4 is 11.1 Å². The van der Waals surface area contributed by atoms with E-state index in [4.69, 9.17) is 5.73 Å². The van der Waals surface area contributed by atoms with Crippen molar-refractivity contribution in [1.29, 1.82) is 0 Å². The van der Waals surface area contributed by atoms with Gasteiger partial charge in [0.25, 0.3) is 5.91 Å². The number of carbonyl (C=O) groups is 2. The minimum absolute atomic E-state index is 0.304. The Morgan fingerprint density at radius 1 is 1.18 bits per heavy atom. The molecule has 110 valence electrons. The van der Waals surface area contributed by atoms with Crippen LogP contribution in [0.5, 0.6) is 0 Å². The molecule has 3 aromatic rings. The SMILES string of the molecule is Cc1cccc2nc(C(=O)Nc3cccc(C(N)=O)c3)cn12. The zero-order chi connectivity index (χ0) is 15.7. The van der Waals surface area contributed by atoms with Gasteiger partial charge in [0.15, 0.2) is 0 Å². The van der Waals surface area contributed by atoms with E-state index >= 15 is 0 Å². The van der Waals surface area contributed by atoms with Crippen molar-refractivity contribution in [3.05, 3.63) is 65.6 Å². The Morgan fingerprint density at radius 3 is 2.68 bits per heavy atom. The summed E-state index contributed by atoms with van der Waals surface area (Å²) in [6.45, 7) is 1.94. The number of imidazole rings is 1. The van der Waals surface area contributed by atoms with Crippen molar-refractivity contribution in [3.63, 3.8) is 0 Å². The Hall–Kier alpha value is -3.15. The van der Waals surface area contributed by atoms with Crippen molar-refractivity contribution in [2.24, 2.45) is 5.73 Å². The first kappa shape index (κ1) is 13.8. The van der Waals surface area contributed by atoms with Crippen LogP contribution in [-0.4, -0.2) is 21.2 Å². The number of nitrogens with one attached hydrogen (secondary N) is 1. The molecule has 0 aliphatic heterocycles. The summed E-state index contributed by atoms with van der Waals surface area (Å²) in [5.74, 6) is -0.885. The molecule has 0 spiro atoms. The number of hydrogen-bond donors (Lipinski definition) is 2. The maximum atomic E-state index is 12.3. The lowest BCUT2D eigenvalue weighted by molar-refractivity contribution is 0.0995. The molecule has 1 aromatic carbocycles. The molecule has 0 aliphatic rings. The van der Waals surface area contributed by atoms with Gasteiger partial charge in [-0.2, -0.15) is 0 Å². The number of anilines is 1. The van der Waals surface area contributed by atoms with Gasteiger partial charge in [-0.25, -0.2) is 4.98 Å². The fourth-order valence-electron chi connectivity index (χ4n) is 2.20. The van der Waals surface area contributed by atoms with Crippen molar-refractivity contribution in [1.82, 2.24) is 9.38 Å². The fraction of sp³-hybridized carbons (Fsp3) is 0.0625. The molecule has 0 saturated carbocycles. The van der Waals surface area contributed by atoms with E-state index in [1.54, 1.807) is 24.4 Å². The number of aromatic nitrogens is 2. The first-order valence-electron chi connectivity index (χ1n) is 6.70. The Morgan fingerprint density at radius 2 is 1.95 bits per heavy atom. The monoisotopic (exact) mass is 294 g/mol. The molecule has 2 aromatic heterocycles. The molecular formula is C16H14N4O2. The molecule has 2 amide bonds. The zero-order valence-corrected chi connectivity index (χ0v) is 11.9. The summed E-state index contributed by atoms with van der Waals surface area (Å²) < 4.78 is 1.84. The highest BCUT2D eigenvalue weighted by molar-refractivity contribution is 6.04. The standard InChI is InChI=1S/C16H14N4O2/c1-10-4-2-7-14-19-13(9-20(10)14)16(22)18-12-6-3-5-11(8-12)15(17)21/h2-9H,1H3,(H2,17,21)(H,18,22). The van der Waals surface area contributed by atoms with E-state index in [9.17, 15) is 9.59 Å². The van der Waals surface area contributed by atoms with Gasteiger partial charge in [0.05, 0.1) is 0 Å². The first-order chi connectivity index (χ1) is 10.5. The van der Waals surface area contributed by atoms with Gasteiger partial charge in [0, 0.05) is 23.1 Å². The summed E-state index contributed by atoms with van der Waals surface area (Å²) in [5, 5.41) is 2.71. The highest BCUT2D eigenvalue weighted by Crippen LogP contribution is 2.13. The number of benzene rings is 1. The summed E-state index contributed by atoms with van der Waals surface area (Å²) in [5.41, 5.74) is 8.05. The van der Waals surface area contributed by atoms with E-state index in [-0.39, 0.29) is 5.91 Å². The summed E-state index contributed by atoms with van der Waals surface area (Å²) in [4.78, 5) is 27.7. The molecule has 22 heavy (non-hydrogen) atoms. The predicted molar refractivity (Wildman–Crippen MR) is 82.8 cm³/mol. The van der Waals surface area contributed by atoms with Gasteiger partial charge in [-0.05, 0) is 37.3 Å². The Kier molecular flexibility index (Phi) is 3.34. The number of pyridine rings is 1. The van der Waals surface area contributed by atoms with Gasteiger partial charge in [-0.3, -0.25) is 9.59 Å². The molecule has 0 atom stereocenters. The minimum atomic E-state index is -0.542. The largest absolute Gasteiger partial charge is 0.366 e. The highest BCUT2D eigenvalue weighted by Gasteiger charge is 2.12. The van der Waals surface area contributed by atoms with Crippen LogP contribution >= 0.6 is 0 Å². The maximum absolute atomic E-state index is 12.3. The van der Waals surface area contributed by atoms with E-state index in [0.717, 1.165) is 5.69 Å². The van der Waals surface area contributed by atoms with Crippen LogP contribution in [0.2, 0.25) is 0 Å². The molecule has 0 unspecified atom stereocenters. The molecule has 3 N–H and O–H groups in total. The fourth-order valence-corrected chi connectivity index (χ4v) is 2.20. The van der Waals surface area contributed by atoms with Crippen LogP contribution in [0.1, 0.15) is 26.5 Å². The number of nitrogens with two attached hydrogens (primary N) is 1. The minimum Gasteiger partial charge on any atom is -0.366 e. The lowest BCUT2D eigenvalue weighted by atomic mass is 10.2. The van der Waals surface area contributed by atoms with Crippen molar-refractivity contribution in [2.45, 2.75) is 6.92 Å². The van der Waals surface area contributed by atoms with Crippen LogP contribution in [0, 0.1) is 6.92 Å². The van der Waals surface area contributed by atoms with Gasteiger partial charge < -0.3 is 15.5 Å². The second-order valence-electron chi connectivity index (χ2n) is 4.92. The molecule has 0 fully saturated rings. The van der Waals surface area contributed by atoms with Crippen LogP contribution in [0.25, 0.3) is 5.65 Å². The van der Waals surface area contributed by atoms with Gasteiger partial charge in [-0.15, -0.1) is 0 Å². The van der Waals surface area contributed by atoms with E-state index in [1.807, 2.05) is 29.5 Å². The summed E-state index contributed by atoms with van der Waals surface area (Å²) in [6.07, 6.45) is 1.68. The smallest absolute Gasteiger partial charge is 0.275 e. The number of carbonyl (C=O) groups excluding carboxylic acids is 2. The average Bonchev–Trinajstić information content (AvgIpc) is 2.93. The van der Waals surface area contributed by atoms with E-state index in [0.29, 0.717) is 22.6 Å². The second kappa shape index (κ2) is 5.33. The lowest BCUT2D eigenvalue weighted by Gasteiger charge is -2.04. The Balaban J connectivity index is 1.88. The normalized spacial score (nSPS) is 10.6. The summed E-state index contributed by atoms with van der Waals surface area (Å²) in [7, 11) is 0. The first-order valence-corrected chi connectivity index (χ1v) is 6.70. The van der Waals surface area contributed by atoms with E-state index in [2.05, 4.69) is 10.3 Å². The van der Waals surface area contributed by atoms with Crippen LogP contribution in [0.3, 0.4) is 0 Å². The van der Waals surface area contributed by atoms with Crippen LogP contribution in [-0.2, 0) is 0 Å². The van der Waals surface area contributed by atoms with E-state index < -0.39 is 5.91 Å². The molecule has 0 aliphatic carbocycles. The van der Waals surface area contributed by atoms with Crippen molar-refractivity contribution in [3.8, 4) is 0 Å². The summed E-state index contributed by atoms with van der Waals surface area (Å²) >= 11 is 0. The molecule has 0 radical (unpaired) electrons. The summed E-state index contributed by atoms with van der Waals surface area (Å²) in [6, 6.07) is 12.1. The second-order valence-corrected chi connectivity index (χ2v) is 4.92. The Labute approximate surface area is 126 Å². The third-order valence-corrected chi connectivity index (χ3v) is 3.33. The average molecular weight is 294 g/mol. The van der Waals surface area contributed by atoms with Crippen LogP contribution in [0.15, 0.2) is 48.7 Å². The topological polar surface area (TPSA) is 89.5 Å². The van der Waals surface area contributed by atoms with Crippen molar-refractivity contribution in [2.75, 3.05) is 5.32 Å². The molecule has 0 saturated heterocycles. The van der Waals surface area contributed by atoms with Gasteiger partial charge in [-0.1, -0.05) is 12.1 Å². The number of rotatable bonds is 3. The predicted octanol–water partition coefficient (Wildman–Crippen LogP) is 1.99. The molecule has 2 heterocycles. The van der Waals surface area contributed by atoms with Gasteiger partial charge >= 0.3 is 0 Å². The van der Waals surface area contributed by atoms with Crippen molar-refractivity contribution < 1.29 is 9.59 Å². The van der Waals surface area contributed by atoms with Gasteiger partial charge in [0.2, 0.25) is 5.91 Å². The maximum Gasteiger partial charge on any atom is 0.275 e. The third kappa shape index (κ3) is 2.54. The van der Waals surface area contributed by atoms with Crippen molar-refractivity contribution >= 4 is 23.1 Å². The number of aryl methyl sites for hydroxylation is 1. The number of fused-ring (bicyclic) bond motifs is 1. The van der Waals surface area contributed by atoms with Gasteiger partial charge in [0.1, 0.15) is 11.3 Å². The lowest BCUT2D eigenvalue weighted by Crippen LogP contribution is -2.14. The van der Waals surface area contributed by atoms with Crippen LogP contribution in [0.4, 0.5) is 5.69 Å². The number of amides is 2. The molecular weight excluding hydrogens is 280 g/mol. The molecule has 6 heteroatoms.